The maximum Gasteiger partial charge on any atom is 0.311 e. The second kappa shape index (κ2) is 10.2. The molecule has 0 N–H and O–H groups in total. The van der Waals surface area contributed by atoms with E-state index in [1.807, 2.05) is 12.1 Å². The maximum absolute atomic E-state index is 12.9. The number of esters is 2. The summed E-state index contributed by atoms with van der Waals surface area (Å²) in [6.07, 6.45) is -5.04. The first kappa shape index (κ1) is 26.4. The van der Waals surface area contributed by atoms with Crippen molar-refractivity contribution in [3.05, 3.63) is 29.8 Å². The monoisotopic (exact) mass is 480 g/mol. The Hall–Kier alpha value is -2.20. The van der Waals surface area contributed by atoms with Crippen LogP contribution in [0.1, 0.15) is 53.4 Å². The van der Waals surface area contributed by atoms with Gasteiger partial charge >= 0.3 is 11.9 Å². The lowest BCUT2D eigenvalue weighted by molar-refractivity contribution is -0.360. The molecule has 0 spiro atoms. The van der Waals surface area contributed by atoms with Gasteiger partial charge in [-0.15, -0.1) is 0 Å². The lowest BCUT2D eigenvalue weighted by Crippen LogP contribution is -2.64. The number of methoxy groups -OCH3 is 2. The summed E-state index contributed by atoms with van der Waals surface area (Å²) in [6, 6.07) is 7.27. The minimum Gasteiger partial charge on any atom is -0.497 e. The molecule has 34 heavy (non-hydrogen) atoms. The average Bonchev–Trinajstić information content (AvgIpc) is 2.78. The molecule has 2 aliphatic rings. The largest absolute Gasteiger partial charge is 0.497 e. The Morgan fingerprint density at radius 1 is 0.853 bits per heavy atom. The molecular weight excluding hydrogens is 444 g/mol. The molecule has 0 radical (unpaired) electrons. The minimum atomic E-state index is -1.03. The molecule has 3 unspecified atom stereocenters. The molecule has 2 heterocycles. The normalized spacial score (nSPS) is 29.6. The van der Waals surface area contributed by atoms with Gasteiger partial charge in [-0.3, -0.25) is 9.59 Å². The SMILES string of the molecule is COc1ccc(C2OCC3O[C@H](OC)C(OC(=O)C(C)(C)C)[C@H](OC(=O)C(C)(C)C)[C@H]3O2)cc1. The van der Waals surface area contributed by atoms with Crippen LogP contribution in [-0.4, -0.2) is 63.5 Å². The van der Waals surface area contributed by atoms with Crippen molar-refractivity contribution in [3.63, 3.8) is 0 Å². The van der Waals surface area contributed by atoms with Crippen LogP contribution in [0.4, 0.5) is 0 Å². The first-order chi connectivity index (χ1) is 15.8. The van der Waals surface area contributed by atoms with E-state index in [-0.39, 0.29) is 6.61 Å². The molecule has 0 aromatic heterocycles. The van der Waals surface area contributed by atoms with E-state index >= 15 is 0 Å². The molecule has 2 fully saturated rings. The van der Waals surface area contributed by atoms with Crippen LogP contribution in [0, 0.1) is 10.8 Å². The lowest BCUT2D eigenvalue weighted by Gasteiger charge is -2.48. The summed E-state index contributed by atoms with van der Waals surface area (Å²) < 4.78 is 40.6. The predicted octanol–water partition coefficient (Wildman–Crippen LogP) is 3.40. The Morgan fingerprint density at radius 3 is 1.91 bits per heavy atom. The van der Waals surface area contributed by atoms with E-state index in [4.69, 9.17) is 33.2 Å². The molecule has 0 bridgehead atoms. The summed E-state index contributed by atoms with van der Waals surface area (Å²) in [7, 11) is 3.03. The highest BCUT2D eigenvalue weighted by atomic mass is 16.8. The fraction of sp³-hybridized carbons (Fsp3) is 0.680. The van der Waals surface area contributed by atoms with Crippen LogP contribution < -0.4 is 4.74 Å². The van der Waals surface area contributed by atoms with Crippen molar-refractivity contribution in [1.82, 2.24) is 0 Å². The summed E-state index contributed by atoms with van der Waals surface area (Å²) in [4.78, 5) is 25.7. The van der Waals surface area contributed by atoms with E-state index in [0.29, 0.717) is 5.75 Å². The van der Waals surface area contributed by atoms with E-state index in [2.05, 4.69) is 0 Å². The zero-order valence-electron chi connectivity index (χ0n) is 21.2. The summed E-state index contributed by atoms with van der Waals surface area (Å²) in [5, 5.41) is 0. The van der Waals surface area contributed by atoms with E-state index in [0.717, 1.165) is 5.56 Å². The molecule has 190 valence electrons. The third-order valence-corrected chi connectivity index (χ3v) is 5.62. The van der Waals surface area contributed by atoms with Crippen LogP contribution >= 0.6 is 0 Å². The molecule has 2 aliphatic heterocycles. The van der Waals surface area contributed by atoms with Gasteiger partial charge in [-0.05, 0) is 53.7 Å². The van der Waals surface area contributed by atoms with Gasteiger partial charge < -0.3 is 33.2 Å². The Balaban J connectivity index is 1.92. The molecule has 9 nitrogen and oxygen atoms in total. The molecule has 0 saturated carbocycles. The van der Waals surface area contributed by atoms with Gasteiger partial charge in [-0.25, -0.2) is 0 Å². The number of rotatable bonds is 5. The van der Waals surface area contributed by atoms with Gasteiger partial charge in [0, 0.05) is 12.7 Å². The van der Waals surface area contributed by atoms with Gasteiger partial charge in [0.05, 0.1) is 24.5 Å². The molecular formula is C25H36O9. The van der Waals surface area contributed by atoms with E-state index in [9.17, 15) is 9.59 Å². The number of hydrogen-bond donors (Lipinski definition) is 0. The zero-order chi connectivity index (χ0) is 25.3. The summed E-state index contributed by atoms with van der Waals surface area (Å²) in [5.74, 6) is -0.231. The topological polar surface area (TPSA) is 98.8 Å². The Kier molecular flexibility index (Phi) is 7.92. The fourth-order valence-electron chi connectivity index (χ4n) is 3.53. The van der Waals surface area contributed by atoms with E-state index < -0.39 is 59.8 Å². The zero-order valence-corrected chi connectivity index (χ0v) is 21.2. The molecule has 9 heteroatoms. The number of benzene rings is 1. The first-order valence-electron chi connectivity index (χ1n) is 11.4. The van der Waals surface area contributed by atoms with Crippen molar-refractivity contribution in [2.24, 2.45) is 10.8 Å². The lowest BCUT2D eigenvalue weighted by atomic mass is 9.93. The summed E-state index contributed by atoms with van der Waals surface area (Å²) in [6.45, 7) is 10.6. The highest BCUT2D eigenvalue weighted by Gasteiger charge is 2.55. The highest BCUT2D eigenvalue weighted by Crippen LogP contribution is 2.38. The number of carbonyl (C=O) groups is 2. The van der Waals surface area contributed by atoms with Gasteiger partial charge in [0.25, 0.3) is 0 Å². The third-order valence-electron chi connectivity index (χ3n) is 5.62. The molecule has 2 saturated heterocycles. The van der Waals surface area contributed by atoms with Gasteiger partial charge in [-0.1, -0.05) is 12.1 Å². The molecule has 3 rings (SSSR count). The van der Waals surface area contributed by atoms with Crippen molar-refractivity contribution >= 4 is 11.9 Å². The molecule has 1 aromatic carbocycles. The second-order valence-corrected chi connectivity index (χ2v) is 10.6. The van der Waals surface area contributed by atoms with Crippen molar-refractivity contribution in [2.45, 2.75) is 78.5 Å². The Labute approximate surface area is 200 Å². The van der Waals surface area contributed by atoms with Gasteiger partial charge in [0.1, 0.15) is 18.0 Å². The van der Waals surface area contributed by atoms with Gasteiger partial charge in [-0.2, -0.15) is 0 Å². The minimum absolute atomic E-state index is 0.171. The van der Waals surface area contributed by atoms with Crippen LogP contribution in [0.2, 0.25) is 0 Å². The number of ether oxygens (including phenoxy) is 7. The predicted molar refractivity (Wildman–Crippen MR) is 121 cm³/mol. The third kappa shape index (κ3) is 5.89. The van der Waals surface area contributed by atoms with E-state index in [1.165, 1.54) is 7.11 Å². The second-order valence-electron chi connectivity index (χ2n) is 10.6. The Morgan fingerprint density at radius 2 is 1.41 bits per heavy atom. The fourth-order valence-corrected chi connectivity index (χ4v) is 3.53. The quantitative estimate of drug-likeness (QED) is 0.587. The Bertz CT molecular complexity index is 853. The number of carbonyl (C=O) groups excluding carboxylic acids is 2. The van der Waals surface area contributed by atoms with Crippen molar-refractivity contribution in [3.8, 4) is 5.75 Å². The van der Waals surface area contributed by atoms with Gasteiger partial charge in [0.2, 0.25) is 0 Å². The highest BCUT2D eigenvalue weighted by molar-refractivity contribution is 5.76. The van der Waals surface area contributed by atoms with Crippen LogP contribution in [0.25, 0.3) is 0 Å². The molecule has 1 aromatic rings. The van der Waals surface area contributed by atoms with Crippen molar-refractivity contribution in [2.75, 3.05) is 20.8 Å². The molecule has 0 amide bonds. The van der Waals surface area contributed by atoms with Crippen LogP contribution in [0.15, 0.2) is 24.3 Å². The van der Waals surface area contributed by atoms with Crippen molar-refractivity contribution in [1.29, 1.82) is 0 Å². The number of fused-ring (bicyclic) bond motifs is 1. The molecule has 6 atom stereocenters. The maximum atomic E-state index is 12.9. The van der Waals surface area contributed by atoms with E-state index in [1.54, 1.807) is 60.8 Å². The van der Waals surface area contributed by atoms with Crippen molar-refractivity contribution < 1.29 is 42.7 Å². The number of hydrogen-bond acceptors (Lipinski definition) is 9. The van der Waals surface area contributed by atoms with Crippen LogP contribution in [-0.2, 0) is 38.0 Å². The average molecular weight is 481 g/mol. The van der Waals surface area contributed by atoms with Crippen LogP contribution in [0.3, 0.4) is 0 Å². The standard InChI is InChI=1S/C25H36O9/c1-24(2,3)22(26)33-18-17-16(31-21(29-8)19(18)34-23(27)25(4,5)6)13-30-20(32-17)14-9-11-15(28-7)12-10-14/h9-12,16-21H,13H2,1-8H3/t16?,17-,18+,19?,20?,21-/m0/s1. The first-order valence-corrected chi connectivity index (χ1v) is 11.4. The van der Waals surface area contributed by atoms with Gasteiger partial charge in [0.15, 0.2) is 24.8 Å². The smallest absolute Gasteiger partial charge is 0.311 e. The molecule has 0 aliphatic carbocycles. The summed E-state index contributed by atoms with van der Waals surface area (Å²) >= 11 is 0. The van der Waals surface area contributed by atoms with Crippen LogP contribution in [0.5, 0.6) is 5.75 Å². The summed E-state index contributed by atoms with van der Waals surface area (Å²) in [5.41, 5.74) is -0.803.